The van der Waals surface area contributed by atoms with Crippen molar-refractivity contribution in [1.82, 2.24) is 5.32 Å². The number of para-hydroxylation sites is 1. The second-order valence-electron chi connectivity index (χ2n) is 10.6. The van der Waals surface area contributed by atoms with Gasteiger partial charge in [-0.1, -0.05) is 55.3 Å². The van der Waals surface area contributed by atoms with Gasteiger partial charge in [-0.3, -0.25) is 9.69 Å². The van der Waals surface area contributed by atoms with Gasteiger partial charge in [0, 0.05) is 18.8 Å². The number of carbonyl (C=O) groups excluding carboxylic acids is 2. The standard InChI is InChI=1S/C29H39N2O3S/c1-29(2,3)34-27(32)26-12-8-7-11-25(26)23-15-13-22(14-16-23)21-31(24-9-5-4-6-10-24)28(33)35-19-17-30-18-20-35/h4-6,9-10,13-16,25-26,30H,7-8,11-12,17-21H2,1-3H3/q+1/t25-,26+/m1/s1. The Bertz CT molecular complexity index is 981. The van der Waals surface area contributed by atoms with Gasteiger partial charge in [-0.2, -0.15) is 0 Å². The second-order valence-corrected chi connectivity index (χ2v) is 12.8. The van der Waals surface area contributed by atoms with Crippen LogP contribution in [0.2, 0.25) is 0 Å². The first-order chi connectivity index (χ1) is 16.8. The minimum atomic E-state index is -0.467. The van der Waals surface area contributed by atoms with Gasteiger partial charge in [-0.05, 0) is 62.8 Å². The third-order valence-corrected chi connectivity index (χ3v) is 8.92. The first-order valence-corrected chi connectivity index (χ1v) is 14.4. The molecule has 35 heavy (non-hydrogen) atoms. The van der Waals surface area contributed by atoms with Gasteiger partial charge in [0.05, 0.1) is 23.4 Å². The fourth-order valence-electron chi connectivity index (χ4n) is 5.06. The highest BCUT2D eigenvalue weighted by molar-refractivity contribution is 8.11. The Morgan fingerprint density at radius 1 is 0.971 bits per heavy atom. The van der Waals surface area contributed by atoms with Crippen molar-refractivity contribution in [3.63, 3.8) is 0 Å². The van der Waals surface area contributed by atoms with E-state index in [9.17, 15) is 9.59 Å². The molecule has 1 aliphatic heterocycles. The first kappa shape index (κ1) is 25.8. The maximum atomic E-state index is 13.5. The molecular weight excluding hydrogens is 456 g/mol. The molecule has 6 heteroatoms. The second kappa shape index (κ2) is 11.6. The lowest BCUT2D eigenvalue weighted by atomic mass is 9.75. The molecule has 2 atom stereocenters. The summed E-state index contributed by atoms with van der Waals surface area (Å²) in [6.45, 7) is 8.17. The Labute approximate surface area is 213 Å². The number of nitrogens with one attached hydrogen (secondary N) is 1. The predicted molar refractivity (Wildman–Crippen MR) is 145 cm³/mol. The highest BCUT2D eigenvalue weighted by Crippen LogP contribution is 2.39. The molecule has 0 aromatic heterocycles. The number of ether oxygens (including phenoxy) is 1. The molecule has 0 unspecified atom stereocenters. The van der Waals surface area contributed by atoms with Crippen LogP contribution in [0.15, 0.2) is 54.6 Å². The van der Waals surface area contributed by atoms with Crippen molar-refractivity contribution >= 4 is 27.8 Å². The fraction of sp³-hybridized carbons (Fsp3) is 0.517. The number of anilines is 1. The largest absolute Gasteiger partial charge is 0.460 e. The van der Waals surface area contributed by atoms with Crippen LogP contribution in [0.3, 0.4) is 0 Å². The number of nitrogens with zero attached hydrogens (tertiary/aromatic N) is 1. The van der Waals surface area contributed by atoms with Crippen LogP contribution >= 0.6 is 0 Å². The van der Waals surface area contributed by atoms with Gasteiger partial charge in [-0.25, -0.2) is 4.79 Å². The van der Waals surface area contributed by atoms with Crippen LogP contribution in [0.1, 0.15) is 63.5 Å². The highest BCUT2D eigenvalue weighted by atomic mass is 32.2. The zero-order valence-corrected chi connectivity index (χ0v) is 22.1. The van der Waals surface area contributed by atoms with Gasteiger partial charge in [0.25, 0.3) is 0 Å². The molecule has 0 radical (unpaired) electrons. The molecular formula is C29H39N2O3S+. The van der Waals surface area contributed by atoms with E-state index in [0.717, 1.165) is 61.5 Å². The van der Waals surface area contributed by atoms with E-state index in [0.29, 0.717) is 6.54 Å². The van der Waals surface area contributed by atoms with E-state index in [1.807, 2.05) is 56.0 Å². The number of amides is 1. The van der Waals surface area contributed by atoms with Crippen molar-refractivity contribution in [3.05, 3.63) is 65.7 Å². The Morgan fingerprint density at radius 2 is 1.63 bits per heavy atom. The molecule has 2 aromatic carbocycles. The number of carbonyl (C=O) groups is 2. The van der Waals surface area contributed by atoms with Crippen molar-refractivity contribution in [1.29, 1.82) is 0 Å². The number of benzene rings is 2. The van der Waals surface area contributed by atoms with Gasteiger partial charge in [0.15, 0.2) is 0 Å². The van der Waals surface area contributed by atoms with Crippen molar-refractivity contribution in [2.24, 2.45) is 5.92 Å². The zero-order chi connectivity index (χ0) is 24.8. The van der Waals surface area contributed by atoms with E-state index in [2.05, 4.69) is 29.6 Å². The third-order valence-electron chi connectivity index (χ3n) is 6.81. The average molecular weight is 496 g/mol. The third kappa shape index (κ3) is 6.89. The number of esters is 1. The first-order valence-electron chi connectivity index (χ1n) is 12.9. The van der Waals surface area contributed by atoms with Crippen molar-refractivity contribution in [2.75, 3.05) is 29.5 Å². The van der Waals surface area contributed by atoms with Crippen molar-refractivity contribution in [2.45, 2.75) is 64.5 Å². The molecule has 0 spiro atoms. The Morgan fingerprint density at radius 3 is 2.29 bits per heavy atom. The van der Waals surface area contributed by atoms with E-state index < -0.39 is 5.60 Å². The van der Waals surface area contributed by atoms with Gasteiger partial charge in [0.1, 0.15) is 17.1 Å². The summed E-state index contributed by atoms with van der Waals surface area (Å²) >= 11 is 0. The summed E-state index contributed by atoms with van der Waals surface area (Å²) in [7, 11) is -0.247. The maximum Gasteiger partial charge on any atom is 0.436 e. The number of hydrogen-bond acceptors (Lipinski definition) is 4. The SMILES string of the molecule is CC(C)(C)OC(=O)[C@H]1CCCC[C@@H]1c1ccc(CN(C(=O)[S+]2CCNCC2)c2ccccc2)cc1. The molecule has 1 saturated carbocycles. The van der Waals surface area contributed by atoms with E-state index in [1.54, 1.807) is 0 Å². The molecule has 2 aliphatic rings. The minimum Gasteiger partial charge on any atom is -0.460 e. The molecule has 5 nitrogen and oxygen atoms in total. The lowest BCUT2D eigenvalue weighted by molar-refractivity contribution is -0.161. The fourth-order valence-corrected chi connectivity index (χ4v) is 6.88. The van der Waals surface area contributed by atoms with Gasteiger partial charge in [-0.15, -0.1) is 0 Å². The molecule has 2 aromatic rings. The van der Waals surface area contributed by atoms with Crippen LogP contribution in [0.5, 0.6) is 0 Å². The monoisotopic (exact) mass is 495 g/mol. The summed E-state index contributed by atoms with van der Waals surface area (Å²) in [6.07, 6.45) is 4.10. The van der Waals surface area contributed by atoms with E-state index in [-0.39, 0.29) is 33.9 Å². The summed E-state index contributed by atoms with van der Waals surface area (Å²) in [5.41, 5.74) is 2.78. The smallest absolute Gasteiger partial charge is 0.436 e. The summed E-state index contributed by atoms with van der Waals surface area (Å²) < 4.78 is 5.75. The normalized spacial score (nSPS) is 21.3. The van der Waals surface area contributed by atoms with E-state index in [1.165, 1.54) is 5.56 Å². The van der Waals surface area contributed by atoms with Crippen LogP contribution in [0, 0.1) is 5.92 Å². The van der Waals surface area contributed by atoms with Gasteiger partial charge < -0.3 is 10.1 Å². The predicted octanol–water partition coefficient (Wildman–Crippen LogP) is 5.65. The van der Waals surface area contributed by atoms with Crippen LogP contribution in [-0.2, 0) is 27.0 Å². The molecule has 2 fully saturated rings. The quantitative estimate of drug-likeness (QED) is 0.430. The molecule has 0 bridgehead atoms. The van der Waals surface area contributed by atoms with Gasteiger partial charge >= 0.3 is 11.2 Å². The highest BCUT2D eigenvalue weighted by Gasteiger charge is 2.37. The Balaban J connectivity index is 1.51. The molecule has 1 aliphatic carbocycles. The van der Waals surface area contributed by atoms with Gasteiger partial charge in [0.2, 0.25) is 0 Å². The Kier molecular flexibility index (Phi) is 8.55. The molecule has 1 saturated heterocycles. The molecule has 188 valence electrons. The number of rotatable bonds is 5. The molecule has 1 N–H and O–H groups in total. The summed E-state index contributed by atoms with van der Waals surface area (Å²) in [4.78, 5) is 28.4. The van der Waals surface area contributed by atoms with Crippen LogP contribution in [0.4, 0.5) is 10.5 Å². The average Bonchev–Trinajstić information content (AvgIpc) is 2.87. The van der Waals surface area contributed by atoms with E-state index >= 15 is 0 Å². The maximum absolute atomic E-state index is 13.5. The summed E-state index contributed by atoms with van der Waals surface area (Å²) in [6, 6.07) is 18.6. The summed E-state index contributed by atoms with van der Waals surface area (Å²) in [5.74, 6) is 1.85. The van der Waals surface area contributed by atoms with E-state index in [4.69, 9.17) is 4.74 Å². The van der Waals surface area contributed by atoms with Crippen LogP contribution in [0.25, 0.3) is 0 Å². The Hall–Kier alpha value is -2.31. The van der Waals surface area contributed by atoms with Crippen LogP contribution < -0.4 is 10.2 Å². The topological polar surface area (TPSA) is 58.6 Å². The lowest BCUT2D eigenvalue weighted by Gasteiger charge is -2.32. The van der Waals surface area contributed by atoms with Crippen LogP contribution in [-0.4, -0.2) is 41.4 Å². The molecule has 1 heterocycles. The lowest BCUT2D eigenvalue weighted by Crippen LogP contribution is -2.45. The minimum absolute atomic E-state index is 0.0740. The molecule has 4 rings (SSSR count). The zero-order valence-electron chi connectivity index (χ0n) is 21.3. The summed E-state index contributed by atoms with van der Waals surface area (Å²) in [5, 5.41) is 3.60. The number of hydrogen-bond donors (Lipinski definition) is 1. The van der Waals surface area contributed by atoms with Crippen molar-refractivity contribution < 1.29 is 14.3 Å². The van der Waals surface area contributed by atoms with Crippen molar-refractivity contribution in [3.8, 4) is 0 Å². The molecule has 1 amide bonds.